The summed E-state index contributed by atoms with van der Waals surface area (Å²) in [7, 11) is 1.78. The van der Waals surface area contributed by atoms with Crippen molar-refractivity contribution in [2.45, 2.75) is 39.3 Å². The van der Waals surface area contributed by atoms with Gasteiger partial charge in [-0.3, -0.25) is 4.79 Å². The minimum Gasteiger partial charge on any atom is -0.479 e. The molecule has 1 amide bonds. The molecular formula is C15H22N2O2. The number of likely N-dealkylation sites (N-methyl/N-ethyl adjacent to an activating group) is 1. The molecule has 1 aliphatic heterocycles. The lowest BCUT2D eigenvalue weighted by Crippen LogP contribution is -2.42. The predicted octanol–water partition coefficient (Wildman–Crippen LogP) is 2.48. The Hall–Kier alpha value is -1.55. The predicted molar refractivity (Wildman–Crippen MR) is 76.3 cm³/mol. The topological polar surface area (TPSA) is 55.6 Å². The normalized spacial score (nSPS) is 20.2. The van der Waals surface area contributed by atoms with E-state index in [1.54, 1.807) is 18.9 Å². The number of hydrogen-bond acceptors (Lipinski definition) is 3. The van der Waals surface area contributed by atoms with E-state index in [9.17, 15) is 4.79 Å². The van der Waals surface area contributed by atoms with Crippen molar-refractivity contribution in [3.05, 3.63) is 23.8 Å². The molecule has 0 fully saturated rings. The molecule has 0 spiro atoms. The van der Waals surface area contributed by atoms with E-state index in [0.717, 1.165) is 23.4 Å². The van der Waals surface area contributed by atoms with Crippen LogP contribution in [-0.2, 0) is 4.79 Å². The maximum Gasteiger partial charge on any atom is 0.267 e. The lowest BCUT2D eigenvalue weighted by Gasteiger charge is -2.31. The number of anilines is 1. The van der Waals surface area contributed by atoms with Crippen LogP contribution >= 0.6 is 0 Å². The average Bonchev–Trinajstić information content (AvgIpc) is 2.35. The molecule has 0 radical (unpaired) electrons. The van der Waals surface area contributed by atoms with Gasteiger partial charge in [0.05, 0.1) is 5.69 Å². The van der Waals surface area contributed by atoms with Crippen LogP contribution < -0.4 is 15.4 Å². The number of hydrogen-bond donors (Lipinski definition) is 1. The van der Waals surface area contributed by atoms with E-state index in [4.69, 9.17) is 10.5 Å². The quantitative estimate of drug-likeness (QED) is 0.910. The first-order chi connectivity index (χ1) is 8.90. The van der Waals surface area contributed by atoms with Crippen LogP contribution in [0, 0.1) is 5.92 Å². The summed E-state index contributed by atoms with van der Waals surface area (Å²) in [5.74, 6) is 1.26. The van der Waals surface area contributed by atoms with Gasteiger partial charge in [-0.25, -0.2) is 0 Å². The monoisotopic (exact) mass is 262 g/mol. The van der Waals surface area contributed by atoms with Crippen LogP contribution in [-0.4, -0.2) is 19.1 Å². The fourth-order valence-electron chi connectivity index (χ4n) is 2.40. The van der Waals surface area contributed by atoms with Gasteiger partial charge in [0.2, 0.25) is 0 Å². The van der Waals surface area contributed by atoms with Crippen molar-refractivity contribution in [1.29, 1.82) is 0 Å². The van der Waals surface area contributed by atoms with E-state index in [0.29, 0.717) is 5.92 Å². The zero-order valence-electron chi connectivity index (χ0n) is 12.0. The van der Waals surface area contributed by atoms with Crippen LogP contribution in [0.25, 0.3) is 0 Å². The van der Waals surface area contributed by atoms with E-state index in [-0.39, 0.29) is 11.9 Å². The van der Waals surface area contributed by atoms with Crippen LogP contribution in [0.5, 0.6) is 5.75 Å². The molecule has 1 aliphatic rings. The highest BCUT2D eigenvalue weighted by Crippen LogP contribution is 2.35. The molecule has 104 valence electrons. The Morgan fingerprint density at radius 3 is 2.74 bits per heavy atom. The fourth-order valence-corrected chi connectivity index (χ4v) is 2.40. The van der Waals surface area contributed by atoms with E-state index in [2.05, 4.69) is 13.8 Å². The molecule has 4 nitrogen and oxygen atoms in total. The number of nitrogens with two attached hydrogens (primary N) is 1. The van der Waals surface area contributed by atoms with E-state index < -0.39 is 6.10 Å². The lowest BCUT2D eigenvalue weighted by molar-refractivity contribution is -0.125. The minimum atomic E-state index is -0.423. The third kappa shape index (κ3) is 2.73. The fraction of sp³-hybridized carbons (Fsp3) is 0.533. The van der Waals surface area contributed by atoms with Gasteiger partial charge in [-0.2, -0.15) is 0 Å². The Labute approximate surface area is 114 Å². The van der Waals surface area contributed by atoms with Gasteiger partial charge in [0.15, 0.2) is 6.10 Å². The molecule has 1 aromatic carbocycles. The number of amides is 1. The first-order valence-corrected chi connectivity index (χ1v) is 6.74. The van der Waals surface area contributed by atoms with Gasteiger partial charge in [0.25, 0.3) is 5.91 Å². The largest absolute Gasteiger partial charge is 0.479 e. The van der Waals surface area contributed by atoms with Gasteiger partial charge in [-0.15, -0.1) is 0 Å². The van der Waals surface area contributed by atoms with Crippen molar-refractivity contribution in [1.82, 2.24) is 0 Å². The van der Waals surface area contributed by atoms with Crippen molar-refractivity contribution in [3.63, 3.8) is 0 Å². The minimum absolute atomic E-state index is 0.00634. The summed E-state index contributed by atoms with van der Waals surface area (Å²) in [6.07, 6.45) is 0.501. The number of nitrogens with zero attached hydrogens (tertiary/aromatic N) is 1. The molecule has 4 heteroatoms. The van der Waals surface area contributed by atoms with Gasteiger partial charge in [0.1, 0.15) is 5.75 Å². The number of rotatable bonds is 3. The molecule has 2 N–H and O–H groups in total. The summed E-state index contributed by atoms with van der Waals surface area (Å²) in [6.45, 7) is 6.07. The molecular weight excluding hydrogens is 240 g/mol. The summed E-state index contributed by atoms with van der Waals surface area (Å²) >= 11 is 0. The molecule has 0 saturated carbocycles. The molecule has 0 aliphatic carbocycles. The lowest BCUT2D eigenvalue weighted by atomic mass is 9.97. The zero-order chi connectivity index (χ0) is 14.2. The van der Waals surface area contributed by atoms with Gasteiger partial charge < -0.3 is 15.4 Å². The molecule has 0 aromatic heterocycles. The Kier molecular flexibility index (Phi) is 3.80. The van der Waals surface area contributed by atoms with Gasteiger partial charge >= 0.3 is 0 Å². The van der Waals surface area contributed by atoms with Crippen LogP contribution in [0.1, 0.15) is 38.8 Å². The standard InChI is InChI=1S/C15H22N2O2/c1-9(2)7-12(16)11-5-6-14-13(8-11)17(4)15(18)10(3)19-14/h5-6,8-10,12H,7,16H2,1-4H3. The first-order valence-electron chi connectivity index (χ1n) is 6.74. The second-order valence-electron chi connectivity index (χ2n) is 5.62. The van der Waals surface area contributed by atoms with Gasteiger partial charge in [-0.05, 0) is 37.0 Å². The van der Waals surface area contributed by atoms with Crippen molar-refractivity contribution in [2.75, 3.05) is 11.9 Å². The summed E-state index contributed by atoms with van der Waals surface area (Å²) in [5.41, 5.74) is 8.04. The smallest absolute Gasteiger partial charge is 0.267 e. The maximum atomic E-state index is 11.9. The molecule has 19 heavy (non-hydrogen) atoms. The molecule has 0 saturated heterocycles. The van der Waals surface area contributed by atoms with E-state index >= 15 is 0 Å². The highest BCUT2D eigenvalue weighted by Gasteiger charge is 2.29. The highest BCUT2D eigenvalue weighted by molar-refractivity contribution is 5.99. The first kappa shape index (κ1) is 13.9. The van der Waals surface area contributed by atoms with E-state index in [1.807, 2.05) is 18.2 Å². The molecule has 2 unspecified atom stereocenters. The number of carbonyl (C=O) groups excluding carboxylic acids is 1. The number of benzene rings is 1. The second kappa shape index (κ2) is 5.21. The average molecular weight is 262 g/mol. The Bertz CT molecular complexity index is 485. The third-order valence-corrected chi connectivity index (χ3v) is 3.48. The number of fused-ring (bicyclic) bond motifs is 1. The Morgan fingerprint density at radius 2 is 2.11 bits per heavy atom. The second-order valence-corrected chi connectivity index (χ2v) is 5.62. The summed E-state index contributed by atoms with van der Waals surface area (Å²) < 4.78 is 5.60. The zero-order valence-corrected chi connectivity index (χ0v) is 12.0. The van der Waals surface area contributed by atoms with Crippen molar-refractivity contribution >= 4 is 11.6 Å². The van der Waals surface area contributed by atoms with Crippen LogP contribution in [0.2, 0.25) is 0 Å². The van der Waals surface area contributed by atoms with Crippen LogP contribution in [0.3, 0.4) is 0 Å². The number of ether oxygens (including phenoxy) is 1. The molecule has 1 heterocycles. The Balaban J connectivity index is 2.31. The molecule has 1 aromatic rings. The molecule has 2 atom stereocenters. The van der Waals surface area contributed by atoms with Crippen molar-refractivity contribution in [2.24, 2.45) is 11.7 Å². The van der Waals surface area contributed by atoms with Crippen molar-refractivity contribution < 1.29 is 9.53 Å². The molecule has 0 bridgehead atoms. The SMILES string of the molecule is CC(C)CC(N)c1ccc2c(c1)N(C)C(=O)C(C)O2. The maximum absolute atomic E-state index is 11.9. The molecule has 2 rings (SSSR count). The van der Waals surface area contributed by atoms with Crippen LogP contribution in [0.4, 0.5) is 5.69 Å². The summed E-state index contributed by atoms with van der Waals surface area (Å²) in [4.78, 5) is 13.6. The third-order valence-electron chi connectivity index (χ3n) is 3.48. The Morgan fingerprint density at radius 1 is 1.42 bits per heavy atom. The number of carbonyl (C=O) groups is 1. The van der Waals surface area contributed by atoms with Crippen LogP contribution in [0.15, 0.2) is 18.2 Å². The summed E-state index contributed by atoms with van der Waals surface area (Å²) in [5, 5.41) is 0. The highest BCUT2D eigenvalue weighted by atomic mass is 16.5. The van der Waals surface area contributed by atoms with Crippen molar-refractivity contribution in [3.8, 4) is 5.75 Å². The summed E-state index contributed by atoms with van der Waals surface area (Å²) in [6, 6.07) is 5.85. The van der Waals surface area contributed by atoms with E-state index in [1.165, 1.54) is 0 Å². The van der Waals surface area contributed by atoms with Gasteiger partial charge in [0, 0.05) is 13.1 Å². The van der Waals surface area contributed by atoms with Gasteiger partial charge in [-0.1, -0.05) is 19.9 Å².